The lowest BCUT2D eigenvalue weighted by Crippen LogP contribution is -2.17. The summed E-state index contributed by atoms with van der Waals surface area (Å²) < 4.78 is 4.84. The van der Waals surface area contributed by atoms with E-state index in [0.29, 0.717) is 11.3 Å². The van der Waals surface area contributed by atoms with E-state index in [1.165, 1.54) is 6.92 Å². The minimum atomic E-state index is -0.562. The molecular formula is C12H14ClNO3. The number of Topliss-reactive ketones (excluding diaryl/α,β-unsaturated/α-hetero) is 1. The van der Waals surface area contributed by atoms with E-state index < -0.39 is 6.09 Å². The van der Waals surface area contributed by atoms with E-state index in [4.69, 9.17) is 16.3 Å². The van der Waals surface area contributed by atoms with Gasteiger partial charge in [-0.3, -0.25) is 10.1 Å². The van der Waals surface area contributed by atoms with Crippen molar-refractivity contribution in [2.75, 3.05) is 11.9 Å². The Hall–Kier alpha value is -1.55. The van der Waals surface area contributed by atoms with Crippen molar-refractivity contribution in [1.29, 1.82) is 0 Å². The smallest absolute Gasteiger partial charge is 0.411 e. The molecule has 0 aromatic heterocycles. The molecule has 1 aromatic rings. The highest BCUT2D eigenvalue weighted by Crippen LogP contribution is 2.10. The maximum absolute atomic E-state index is 11.3. The monoisotopic (exact) mass is 255 g/mol. The Morgan fingerprint density at radius 2 is 1.94 bits per heavy atom. The molecule has 4 nitrogen and oxygen atoms in total. The summed E-state index contributed by atoms with van der Waals surface area (Å²) in [6, 6.07) is 6.56. The maximum Gasteiger partial charge on any atom is 0.411 e. The van der Waals surface area contributed by atoms with Gasteiger partial charge in [0.25, 0.3) is 0 Å². The largest absolute Gasteiger partial charge is 0.448 e. The molecular weight excluding hydrogens is 242 g/mol. The van der Waals surface area contributed by atoms with Gasteiger partial charge >= 0.3 is 6.09 Å². The quantitative estimate of drug-likeness (QED) is 0.665. The van der Waals surface area contributed by atoms with Gasteiger partial charge in [0.05, 0.1) is 5.38 Å². The predicted molar refractivity (Wildman–Crippen MR) is 66.7 cm³/mol. The molecule has 0 aliphatic heterocycles. The summed E-state index contributed by atoms with van der Waals surface area (Å²) in [4.78, 5) is 22.3. The molecule has 1 N–H and O–H groups in total. The van der Waals surface area contributed by atoms with E-state index >= 15 is 0 Å². The Balaban J connectivity index is 2.51. The van der Waals surface area contributed by atoms with Gasteiger partial charge in [-0.15, -0.1) is 11.6 Å². The van der Waals surface area contributed by atoms with Crippen molar-refractivity contribution in [1.82, 2.24) is 0 Å². The maximum atomic E-state index is 11.3. The zero-order valence-corrected chi connectivity index (χ0v) is 10.5. The fraction of sp³-hybridized carbons (Fsp3) is 0.333. The molecule has 0 heterocycles. The molecule has 17 heavy (non-hydrogen) atoms. The molecule has 1 amide bonds. The number of hydrogen-bond donors (Lipinski definition) is 1. The van der Waals surface area contributed by atoms with E-state index in [9.17, 15) is 9.59 Å². The zero-order valence-electron chi connectivity index (χ0n) is 9.70. The number of hydrogen-bond acceptors (Lipinski definition) is 3. The molecule has 0 aliphatic carbocycles. The van der Waals surface area contributed by atoms with Crippen LogP contribution in [0.1, 0.15) is 24.2 Å². The third-order valence-electron chi connectivity index (χ3n) is 1.98. The standard InChI is InChI=1S/C12H14ClNO3/c1-8(13)7-17-12(16)14-11-5-3-10(4-6-11)9(2)15/h3-6,8H,7H2,1-2H3,(H,14,16). The van der Waals surface area contributed by atoms with Crippen LogP contribution < -0.4 is 5.32 Å². The van der Waals surface area contributed by atoms with Crippen molar-refractivity contribution >= 4 is 29.2 Å². The summed E-state index contributed by atoms with van der Waals surface area (Å²) in [7, 11) is 0. The van der Waals surface area contributed by atoms with Gasteiger partial charge in [0.2, 0.25) is 0 Å². The predicted octanol–water partition coefficient (Wildman–Crippen LogP) is 3.07. The summed E-state index contributed by atoms with van der Waals surface area (Å²) in [6.45, 7) is 3.37. The highest BCUT2D eigenvalue weighted by atomic mass is 35.5. The summed E-state index contributed by atoms with van der Waals surface area (Å²) in [6.07, 6.45) is -0.562. The highest BCUT2D eigenvalue weighted by molar-refractivity contribution is 6.20. The first-order valence-corrected chi connectivity index (χ1v) is 5.61. The molecule has 5 heteroatoms. The van der Waals surface area contributed by atoms with Crippen molar-refractivity contribution in [2.24, 2.45) is 0 Å². The second-order valence-electron chi connectivity index (χ2n) is 3.64. The van der Waals surface area contributed by atoms with Gasteiger partial charge in [0.15, 0.2) is 5.78 Å². The second-order valence-corrected chi connectivity index (χ2v) is 4.38. The van der Waals surface area contributed by atoms with Crippen LogP contribution in [0.4, 0.5) is 10.5 Å². The van der Waals surface area contributed by atoms with Gasteiger partial charge in [-0.25, -0.2) is 4.79 Å². The number of benzene rings is 1. The summed E-state index contributed by atoms with van der Waals surface area (Å²) >= 11 is 5.64. The lowest BCUT2D eigenvalue weighted by molar-refractivity contribution is 0.101. The van der Waals surface area contributed by atoms with E-state index in [-0.39, 0.29) is 17.8 Å². The molecule has 0 fully saturated rings. The molecule has 0 aliphatic rings. The highest BCUT2D eigenvalue weighted by Gasteiger charge is 2.05. The average molecular weight is 256 g/mol. The summed E-state index contributed by atoms with van der Waals surface area (Å²) in [5.74, 6) is -0.0184. The zero-order chi connectivity index (χ0) is 12.8. The molecule has 0 saturated carbocycles. The van der Waals surface area contributed by atoms with Crippen LogP contribution in [0, 0.1) is 0 Å². The lowest BCUT2D eigenvalue weighted by atomic mass is 10.1. The molecule has 92 valence electrons. The van der Waals surface area contributed by atoms with Gasteiger partial charge in [-0.2, -0.15) is 0 Å². The summed E-state index contributed by atoms with van der Waals surface area (Å²) in [5.41, 5.74) is 1.17. The minimum absolute atomic E-state index is 0.0184. The summed E-state index contributed by atoms with van der Waals surface area (Å²) in [5, 5.41) is 2.31. The number of carbonyl (C=O) groups is 2. The number of alkyl halides is 1. The Kier molecular flexibility index (Phi) is 4.97. The third-order valence-corrected chi connectivity index (χ3v) is 2.11. The SMILES string of the molecule is CC(=O)c1ccc(NC(=O)OCC(C)Cl)cc1. The number of nitrogens with one attached hydrogen (secondary N) is 1. The fourth-order valence-corrected chi connectivity index (χ4v) is 1.20. The number of carbonyl (C=O) groups excluding carboxylic acids is 2. The van der Waals surface area contributed by atoms with E-state index in [1.54, 1.807) is 31.2 Å². The molecule has 1 rings (SSSR count). The minimum Gasteiger partial charge on any atom is -0.448 e. The van der Waals surface area contributed by atoms with Crippen molar-refractivity contribution in [3.63, 3.8) is 0 Å². The number of ether oxygens (including phenoxy) is 1. The second kappa shape index (κ2) is 6.25. The van der Waals surface area contributed by atoms with Crippen molar-refractivity contribution < 1.29 is 14.3 Å². The molecule has 1 aromatic carbocycles. The van der Waals surface area contributed by atoms with Gasteiger partial charge in [-0.1, -0.05) is 0 Å². The normalized spacial score (nSPS) is 11.7. The number of amides is 1. The van der Waals surface area contributed by atoms with Crippen molar-refractivity contribution in [2.45, 2.75) is 19.2 Å². The van der Waals surface area contributed by atoms with Crippen molar-refractivity contribution in [3.8, 4) is 0 Å². The van der Waals surface area contributed by atoms with Crippen LogP contribution in [0.15, 0.2) is 24.3 Å². The molecule has 0 radical (unpaired) electrons. The Labute approximate surface area is 105 Å². The van der Waals surface area contributed by atoms with Gasteiger partial charge < -0.3 is 4.74 Å². The van der Waals surface area contributed by atoms with Crippen LogP contribution in [0.2, 0.25) is 0 Å². The van der Waals surface area contributed by atoms with Crippen LogP contribution in [0.3, 0.4) is 0 Å². The van der Waals surface area contributed by atoms with Gasteiger partial charge in [0.1, 0.15) is 6.61 Å². The Morgan fingerprint density at radius 1 is 1.35 bits per heavy atom. The molecule has 1 unspecified atom stereocenters. The lowest BCUT2D eigenvalue weighted by Gasteiger charge is -2.08. The first-order valence-electron chi connectivity index (χ1n) is 5.18. The van der Waals surface area contributed by atoms with Crippen LogP contribution >= 0.6 is 11.6 Å². The van der Waals surface area contributed by atoms with Crippen LogP contribution in [0.5, 0.6) is 0 Å². The fourth-order valence-electron chi connectivity index (χ4n) is 1.13. The number of rotatable bonds is 4. The number of anilines is 1. The average Bonchev–Trinajstić information content (AvgIpc) is 2.27. The van der Waals surface area contributed by atoms with Gasteiger partial charge in [0, 0.05) is 11.3 Å². The van der Waals surface area contributed by atoms with E-state index in [2.05, 4.69) is 5.32 Å². The third kappa shape index (κ3) is 4.87. The molecule has 0 bridgehead atoms. The van der Waals surface area contributed by atoms with E-state index in [1.807, 2.05) is 0 Å². The molecule has 0 saturated heterocycles. The van der Waals surface area contributed by atoms with E-state index in [0.717, 1.165) is 0 Å². The Bertz CT molecular complexity index is 401. The van der Waals surface area contributed by atoms with Crippen molar-refractivity contribution in [3.05, 3.63) is 29.8 Å². The number of ketones is 1. The molecule has 0 spiro atoms. The topological polar surface area (TPSA) is 55.4 Å². The van der Waals surface area contributed by atoms with Gasteiger partial charge in [-0.05, 0) is 38.1 Å². The molecule has 1 atom stereocenters. The number of halogens is 1. The Morgan fingerprint density at radius 3 is 2.41 bits per heavy atom. The van der Waals surface area contributed by atoms with Crippen LogP contribution in [0.25, 0.3) is 0 Å². The first-order chi connectivity index (χ1) is 7.99. The first kappa shape index (κ1) is 13.5. The van der Waals surface area contributed by atoms with Crippen LogP contribution in [-0.2, 0) is 4.74 Å². The van der Waals surface area contributed by atoms with Crippen LogP contribution in [-0.4, -0.2) is 23.9 Å².